The lowest BCUT2D eigenvalue weighted by Crippen LogP contribution is -2.50. The molecule has 7 nitrogen and oxygen atoms in total. The number of hydrogen-bond donors (Lipinski definition) is 1. The van der Waals surface area contributed by atoms with Gasteiger partial charge in [-0.15, -0.1) is 0 Å². The van der Waals surface area contributed by atoms with E-state index in [1.165, 1.54) is 0 Å². The van der Waals surface area contributed by atoms with E-state index in [4.69, 9.17) is 5.73 Å². The Morgan fingerprint density at radius 1 is 1.35 bits per heavy atom. The second-order valence-corrected chi connectivity index (χ2v) is 5.54. The molecule has 0 radical (unpaired) electrons. The molecule has 2 rings (SSSR count). The third-order valence-corrected chi connectivity index (χ3v) is 3.58. The second-order valence-electron chi connectivity index (χ2n) is 5.54. The number of aromatic nitrogens is 2. The van der Waals surface area contributed by atoms with Crippen LogP contribution in [0.15, 0.2) is 6.20 Å². The van der Waals surface area contributed by atoms with Gasteiger partial charge < -0.3 is 15.5 Å². The summed E-state index contributed by atoms with van der Waals surface area (Å²) in [6, 6.07) is 0. The summed E-state index contributed by atoms with van der Waals surface area (Å²) in [6.45, 7) is 5.38. The van der Waals surface area contributed by atoms with E-state index in [0.29, 0.717) is 11.4 Å². The molecular weight excluding hydrogens is 256 g/mol. The molecule has 0 atom stereocenters. The number of hydrogen-bond acceptors (Lipinski definition) is 5. The normalized spacial score (nSPS) is 16.9. The summed E-state index contributed by atoms with van der Waals surface area (Å²) in [5.41, 5.74) is 6.63. The Morgan fingerprint density at radius 2 is 2.00 bits per heavy atom. The van der Waals surface area contributed by atoms with Crippen LogP contribution in [0.1, 0.15) is 10.5 Å². The maximum absolute atomic E-state index is 12.4. The van der Waals surface area contributed by atoms with Gasteiger partial charge in [-0.2, -0.15) is 5.10 Å². The first-order valence-corrected chi connectivity index (χ1v) is 6.93. The van der Waals surface area contributed by atoms with E-state index in [1.807, 2.05) is 4.90 Å². The molecule has 1 amide bonds. The van der Waals surface area contributed by atoms with Crippen molar-refractivity contribution < 1.29 is 4.79 Å². The number of aryl methyl sites for hydroxylation is 1. The Labute approximate surface area is 119 Å². The molecule has 0 unspecified atom stereocenters. The molecule has 0 aromatic carbocycles. The van der Waals surface area contributed by atoms with Crippen LogP contribution in [0.5, 0.6) is 0 Å². The minimum atomic E-state index is -0.0599. The number of nitrogens with zero attached hydrogens (tertiary/aromatic N) is 5. The highest BCUT2D eigenvalue weighted by molar-refractivity contribution is 5.97. The summed E-state index contributed by atoms with van der Waals surface area (Å²) in [7, 11) is 5.92. The van der Waals surface area contributed by atoms with Crippen molar-refractivity contribution >= 4 is 11.6 Å². The van der Waals surface area contributed by atoms with Crippen LogP contribution >= 0.6 is 0 Å². The maximum atomic E-state index is 12.4. The zero-order valence-corrected chi connectivity index (χ0v) is 12.5. The Bertz CT molecular complexity index is 461. The summed E-state index contributed by atoms with van der Waals surface area (Å²) in [6.07, 6.45) is 1.67. The van der Waals surface area contributed by atoms with Gasteiger partial charge in [0.2, 0.25) is 0 Å². The summed E-state index contributed by atoms with van der Waals surface area (Å²) in [5.74, 6) is -0.0599. The van der Waals surface area contributed by atoms with E-state index < -0.39 is 0 Å². The van der Waals surface area contributed by atoms with Gasteiger partial charge in [-0.1, -0.05) is 0 Å². The van der Waals surface area contributed by atoms with Gasteiger partial charge in [0.05, 0.1) is 5.69 Å². The van der Waals surface area contributed by atoms with Gasteiger partial charge in [0.1, 0.15) is 0 Å². The number of piperazine rings is 1. The molecule has 112 valence electrons. The maximum Gasteiger partial charge on any atom is 0.276 e. The molecule has 1 aliphatic rings. The van der Waals surface area contributed by atoms with Gasteiger partial charge in [-0.05, 0) is 14.1 Å². The molecular formula is C13H24N6O. The third-order valence-electron chi connectivity index (χ3n) is 3.58. The zero-order valence-electron chi connectivity index (χ0n) is 12.5. The number of nitrogens with two attached hydrogens (primary N) is 1. The standard InChI is InChI=1S/C13H24N6O/c1-16(2)4-5-18-6-8-19(9-7-18)13(20)12-11(14)10-17(3)15-12/h10H,4-9,14H2,1-3H3. The van der Waals surface area contributed by atoms with Gasteiger partial charge >= 0.3 is 0 Å². The van der Waals surface area contributed by atoms with E-state index >= 15 is 0 Å². The fourth-order valence-corrected chi connectivity index (χ4v) is 2.34. The number of nitrogen functional groups attached to an aromatic ring is 1. The predicted molar refractivity (Wildman–Crippen MR) is 78.5 cm³/mol. The van der Waals surface area contributed by atoms with Crippen LogP contribution in [-0.4, -0.2) is 83.8 Å². The lowest BCUT2D eigenvalue weighted by atomic mass is 10.2. The first kappa shape index (κ1) is 14.8. The van der Waals surface area contributed by atoms with E-state index in [2.05, 4.69) is 29.0 Å². The van der Waals surface area contributed by atoms with Crippen LogP contribution in [0.4, 0.5) is 5.69 Å². The van der Waals surface area contributed by atoms with Gasteiger partial charge in [0, 0.05) is 52.5 Å². The molecule has 1 aromatic rings. The van der Waals surface area contributed by atoms with Crippen molar-refractivity contribution in [2.75, 3.05) is 59.1 Å². The van der Waals surface area contributed by atoms with Crippen molar-refractivity contribution in [1.82, 2.24) is 24.5 Å². The van der Waals surface area contributed by atoms with Crippen molar-refractivity contribution in [2.24, 2.45) is 7.05 Å². The summed E-state index contributed by atoms with van der Waals surface area (Å²) in [4.78, 5) is 18.7. The monoisotopic (exact) mass is 280 g/mol. The lowest BCUT2D eigenvalue weighted by Gasteiger charge is -2.34. The average Bonchev–Trinajstić information content (AvgIpc) is 2.75. The summed E-state index contributed by atoms with van der Waals surface area (Å²) >= 11 is 0. The molecule has 1 saturated heterocycles. The zero-order chi connectivity index (χ0) is 14.7. The largest absolute Gasteiger partial charge is 0.396 e. The number of anilines is 1. The Hall–Kier alpha value is -1.60. The van der Waals surface area contributed by atoms with Crippen LogP contribution in [0.3, 0.4) is 0 Å². The smallest absolute Gasteiger partial charge is 0.276 e. The van der Waals surface area contributed by atoms with Crippen molar-refractivity contribution in [3.63, 3.8) is 0 Å². The molecule has 2 N–H and O–H groups in total. The van der Waals surface area contributed by atoms with Crippen molar-refractivity contribution in [2.45, 2.75) is 0 Å². The number of carbonyl (C=O) groups is 1. The lowest BCUT2D eigenvalue weighted by molar-refractivity contribution is 0.0624. The van der Waals surface area contributed by atoms with Gasteiger partial charge in [0.15, 0.2) is 5.69 Å². The van der Waals surface area contributed by atoms with Crippen LogP contribution in [0.25, 0.3) is 0 Å². The first-order valence-electron chi connectivity index (χ1n) is 6.93. The van der Waals surface area contributed by atoms with Gasteiger partial charge in [0.25, 0.3) is 5.91 Å². The highest BCUT2D eigenvalue weighted by Gasteiger charge is 2.25. The Morgan fingerprint density at radius 3 is 2.50 bits per heavy atom. The van der Waals surface area contributed by atoms with E-state index in [-0.39, 0.29) is 5.91 Å². The van der Waals surface area contributed by atoms with E-state index in [1.54, 1.807) is 17.9 Å². The van der Waals surface area contributed by atoms with Crippen LogP contribution in [0.2, 0.25) is 0 Å². The number of carbonyl (C=O) groups excluding carboxylic acids is 1. The minimum absolute atomic E-state index is 0.0599. The minimum Gasteiger partial charge on any atom is -0.396 e. The number of likely N-dealkylation sites (N-methyl/N-ethyl adjacent to an activating group) is 1. The Kier molecular flexibility index (Phi) is 4.61. The molecule has 1 fully saturated rings. The van der Waals surface area contributed by atoms with Gasteiger partial charge in [-0.25, -0.2) is 0 Å². The fourth-order valence-electron chi connectivity index (χ4n) is 2.34. The van der Waals surface area contributed by atoms with Crippen molar-refractivity contribution in [3.05, 3.63) is 11.9 Å². The molecule has 20 heavy (non-hydrogen) atoms. The molecule has 0 bridgehead atoms. The van der Waals surface area contributed by atoms with Crippen LogP contribution in [0, 0.1) is 0 Å². The third kappa shape index (κ3) is 3.49. The van der Waals surface area contributed by atoms with E-state index in [0.717, 1.165) is 39.3 Å². The second kappa shape index (κ2) is 6.23. The van der Waals surface area contributed by atoms with Crippen molar-refractivity contribution in [1.29, 1.82) is 0 Å². The summed E-state index contributed by atoms with van der Waals surface area (Å²) < 4.78 is 1.58. The molecule has 2 heterocycles. The number of rotatable bonds is 4. The van der Waals surface area contributed by atoms with Crippen LogP contribution in [-0.2, 0) is 7.05 Å². The molecule has 0 spiro atoms. The highest BCUT2D eigenvalue weighted by atomic mass is 16.2. The molecule has 1 aromatic heterocycles. The van der Waals surface area contributed by atoms with Crippen molar-refractivity contribution in [3.8, 4) is 0 Å². The Balaban J connectivity index is 1.87. The fraction of sp³-hybridized carbons (Fsp3) is 0.692. The first-order chi connectivity index (χ1) is 9.47. The SMILES string of the molecule is CN(C)CCN1CCN(C(=O)c2nn(C)cc2N)CC1. The molecule has 0 aliphatic carbocycles. The molecule has 0 saturated carbocycles. The quantitative estimate of drug-likeness (QED) is 0.791. The topological polar surface area (TPSA) is 70.6 Å². The highest BCUT2D eigenvalue weighted by Crippen LogP contribution is 2.13. The molecule has 1 aliphatic heterocycles. The van der Waals surface area contributed by atoms with Gasteiger partial charge in [-0.3, -0.25) is 14.4 Å². The number of amides is 1. The van der Waals surface area contributed by atoms with E-state index in [9.17, 15) is 4.79 Å². The van der Waals surface area contributed by atoms with Crippen LogP contribution < -0.4 is 5.73 Å². The summed E-state index contributed by atoms with van der Waals surface area (Å²) in [5, 5.41) is 4.14. The predicted octanol–water partition coefficient (Wildman–Crippen LogP) is -0.678. The molecule has 7 heteroatoms. The average molecular weight is 280 g/mol.